The van der Waals surface area contributed by atoms with Gasteiger partial charge in [-0.1, -0.05) is 39.0 Å². The van der Waals surface area contributed by atoms with Crippen LogP contribution in [0.3, 0.4) is 0 Å². The van der Waals surface area contributed by atoms with Gasteiger partial charge in [-0.2, -0.15) is 0 Å². The summed E-state index contributed by atoms with van der Waals surface area (Å²) in [6, 6.07) is 9.67. The number of hydrogen-bond donors (Lipinski definition) is 1. The Morgan fingerprint density at radius 1 is 1.22 bits per heavy atom. The molecule has 0 bridgehead atoms. The summed E-state index contributed by atoms with van der Waals surface area (Å²) in [6.45, 7) is 10.2. The molecule has 2 heteroatoms. The number of anilines is 1. The van der Waals surface area contributed by atoms with Crippen LogP contribution in [-0.4, -0.2) is 18.6 Å². The second-order valence-corrected chi connectivity index (χ2v) is 5.96. The Balaban J connectivity index is 2.31. The van der Waals surface area contributed by atoms with Gasteiger partial charge in [0, 0.05) is 24.3 Å². The Hall–Kier alpha value is -1.02. The van der Waals surface area contributed by atoms with Crippen LogP contribution in [0.4, 0.5) is 5.69 Å². The number of para-hydroxylation sites is 1. The van der Waals surface area contributed by atoms with E-state index in [2.05, 4.69) is 56.9 Å². The number of nitrogens with zero attached hydrogens (tertiary/aromatic N) is 1. The summed E-state index contributed by atoms with van der Waals surface area (Å²) in [4.78, 5) is 2.54. The van der Waals surface area contributed by atoms with Crippen LogP contribution in [0.5, 0.6) is 0 Å². The van der Waals surface area contributed by atoms with Gasteiger partial charge in [-0.15, -0.1) is 0 Å². The third kappa shape index (κ3) is 2.39. The first-order valence-electron chi connectivity index (χ1n) is 7.13. The van der Waals surface area contributed by atoms with E-state index in [0.717, 1.165) is 13.0 Å². The van der Waals surface area contributed by atoms with E-state index in [1.165, 1.54) is 11.3 Å². The third-order valence-electron chi connectivity index (χ3n) is 4.50. The SMILES string of the molecule is CC(C)c1ccccc1N1CCC(N)C(C)C1C. The summed E-state index contributed by atoms with van der Waals surface area (Å²) in [6.07, 6.45) is 1.10. The summed E-state index contributed by atoms with van der Waals surface area (Å²) >= 11 is 0. The molecule has 1 aromatic rings. The van der Waals surface area contributed by atoms with Crippen LogP contribution in [-0.2, 0) is 0 Å². The van der Waals surface area contributed by atoms with Crippen LogP contribution >= 0.6 is 0 Å². The lowest BCUT2D eigenvalue weighted by Crippen LogP contribution is -2.52. The first kappa shape index (κ1) is 13.4. The molecule has 18 heavy (non-hydrogen) atoms. The maximum Gasteiger partial charge on any atom is 0.0403 e. The lowest BCUT2D eigenvalue weighted by atomic mass is 9.86. The van der Waals surface area contributed by atoms with Crippen molar-refractivity contribution in [3.8, 4) is 0 Å². The van der Waals surface area contributed by atoms with Crippen molar-refractivity contribution in [2.75, 3.05) is 11.4 Å². The normalized spacial score (nSPS) is 28.8. The minimum Gasteiger partial charge on any atom is -0.368 e. The van der Waals surface area contributed by atoms with E-state index in [9.17, 15) is 0 Å². The van der Waals surface area contributed by atoms with Crippen LogP contribution in [0.1, 0.15) is 45.6 Å². The van der Waals surface area contributed by atoms with E-state index < -0.39 is 0 Å². The standard InChI is InChI=1S/C16H26N2/c1-11(2)14-7-5-6-8-16(14)18-10-9-15(17)12(3)13(18)4/h5-8,11-13,15H,9-10,17H2,1-4H3. The second-order valence-electron chi connectivity index (χ2n) is 5.96. The maximum atomic E-state index is 6.18. The van der Waals surface area contributed by atoms with Gasteiger partial charge in [0.2, 0.25) is 0 Å². The van der Waals surface area contributed by atoms with Gasteiger partial charge in [-0.05, 0) is 36.8 Å². The van der Waals surface area contributed by atoms with Gasteiger partial charge in [-0.25, -0.2) is 0 Å². The first-order valence-corrected chi connectivity index (χ1v) is 7.13. The van der Waals surface area contributed by atoms with Crippen molar-refractivity contribution >= 4 is 5.69 Å². The fraction of sp³-hybridized carbons (Fsp3) is 0.625. The van der Waals surface area contributed by atoms with Gasteiger partial charge >= 0.3 is 0 Å². The average molecular weight is 246 g/mol. The van der Waals surface area contributed by atoms with Gasteiger partial charge in [-0.3, -0.25) is 0 Å². The van der Waals surface area contributed by atoms with E-state index in [-0.39, 0.29) is 0 Å². The molecule has 1 aliphatic rings. The molecule has 0 spiro atoms. The molecule has 100 valence electrons. The Bertz CT molecular complexity index is 400. The molecule has 1 heterocycles. The molecular formula is C16H26N2. The Morgan fingerprint density at radius 3 is 2.56 bits per heavy atom. The summed E-state index contributed by atoms with van der Waals surface area (Å²) in [5, 5.41) is 0. The Kier molecular flexibility index (Phi) is 3.96. The van der Waals surface area contributed by atoms with Crippen molar-refractivity contribution in [3.05, 3.63) is 29.8 Å². The van der Waals surface area contributed by atoms with Gasteiger partial charge < -0.3 is 10.6 Å². The van der Waals surface area contributed by atoms with E-state index in [0.29, 0.717) is 23.9 Å². The highest BCUT2D eigenvalue weighted by Crippen LogP contribution is 2.33. The molecule has 1 aliphatic heterocycles. The monoisotopic (exact) mass is 246 g/mol. The first-order chi connectivity index (χ1) is 8.52. The zero-order chi connectivity index (χ0) is 13.3. The predicted octanol–water partition coefficient (Wildman–Crippen LogP) is 3.37. The molecule has 2 N–H and O–H groups in total. The van der Waals surface area contributed by atoms with Crippen LogP contribution < -0.4 is 10.6 Å². The maximum absolute atomic E-state index is 6.18. The summed E-state index contributed by atoms with van der Waals surface area (Å²) in [5.41, 5.74) is 9.03. The van der Waals surface area contributed by atoms with Gasteiger partial charge in [0.05, 0.1) is 0 Å². The number of piperidine rings is 1. The van der Waals surface area contributed by atoms with Gasteiger partial charge in [0.25, 0.3) is 0 Å². The summed E-state index contributed by atoms with van der Waals surface area (Å²) < 4.78 is 0. The summed E-state index contributed by atoms with van der Waals surface area (Å²) in [5.74, 6) is 1.12. The van der Waals surface area contributed by atoms with Crippen molar-refractivity contribution in [2.24, 2.45) is 11.7 Å². The van der Waals surface area contributed by atoms with Crippen LogP contribution in [0.2, 0.25) is 0 Å². The minimum atomic E-state index is 0.350. The van der Waals surface area contributed by atoms with E-state index in [1.807, 2.05) is 0 Å². The van der Waals surface area contributed by atoms with E-state index >= 15 is 0 Å². The fourth-order valence-electron chi connectivity index (χ4n) is 2.97. The highest BCUT2D eigenvalue weighted by atomic mass is 15.2. The zero-order valence-electron chi connectivity index (χ0n) is 12.1. The van der Waals surface area contributed by atoms with Crippen LogP contribution in [0, 0.1) is 5.92 Å². The predicted molar refractivity (Wildman–Crippen MR) is 79.1 cm³/mol. The molecular weight excluding hydrogens is 220 g/mol. The summed E-state index contributed by atoms with van der Waals surface area (Å²) in [7, 11) is 0. The average Bonchev–Trinajstić information content (AvgIpc) is 2.36. The molecule has 3 unspecified atom stereocenters. The molecule has 2 nitrogen and oxygen atoms in total. The molecule has 0 aliphatic carbocycles. The second kappa shape index (κ2) is 5.31. The fourth-order valence-corrected chi connectivity index (χ4v) is 2.97. The largest absolute Gasteiger partial charge is 0.368 e. The number of nitrogens with two attached hydrogens (primary N) is 1. The quantitative estimate of drug-likeness (QED) is 0.867. The van der Waals surface area contributed by atoms with Crippen molar-refractivity contribution in [3.63, 3.8) is 0 Å². The molecule has 1 aromatic carbocycles. The Morgan fingerprint density at radius 2 is 1.89 bits per heavy atom. The highest BCUT2D eigenvalue weighted by Gasteiger charge is 2.31. The van der Waals surface area contributed by atoms with Gasteiger partial charge in [0.15, 0.2) is 0 Å². The highest BCUT2D eigenvalue weighted by molar-refractivity contribution is 5.56. The molecule has 0 amide bonds. The number of hydrogen-bond acceptors (Lipinski definition) is 2. The van der Waals surface area contributed by atoms with Crippen LogP contribution in [0.25, 0.3) is 0 Å². The molecule has 3 atom stereocenters. The zero-order valence-corrected chi connectivity index (χ0v) is 12.1. The lowest BCUT2D eigenvalue weighted by molar-refractivity contribution is 0.315. The Labute approximate surface area is 111 Å². The molecule has 2 rings (SSSR count). The molecule has 0 aromatic heterocycles. The topological polar surface area (TPSA) is 29.3 Å². The molecule has 0 radical (unpaired) electrons. The van der Waals surface area contributed by atoms with E-state index in [4.69, 9.17) is 5.73 Å². The van der Waals surface area contributed by atoms with Crippen molar-refractivity contribution in [1.82, 2.24) is 0 Å². The number of rotatable bonds is 2. The van der Waals surface area contributed by atoms with Crippen molar-refractivity contribution in [2.45, 2.75) is 52.1 Å². The molecule has 0 saturated carbocycles. The van der Waals surface area contributed by atoms with Gasteiger partial charge in [0.1, 0.15) is 0 Å². The molecule has 1 saturated heterocycles. The smallest absolute Gasteiger partial charge is 0.0403 e. The third-order valence-corrected chi connectivity index (χ3v) is 4.50. The van der Waals surface area contributed by atoms with Crippen molar-refractivity contribution < 1.29 is 0 Å². The number of benzene rings is 1. The van der Waals surface area contributed by atoms with Crippen molar-refractivity contribution in [1.29, 1.82) is 0 Å². The minimum absolute atomic E-state index is 0.350. The van der Waals surface area contributed by atoms with Crippen LogP contribution in [0.15, 0.2) is 24.3 Å². The van der Waals surface area contributed by atoms with E-state index in [1.54, 1.807) is 0 Å². The molecule has 1 fully saturated rings. The lowest BCUT2D eigenvalue weighted by Gasteiger charge is -2.43.